The quantitative estimate of drug-likeness (QED) is 0.178. The van der Waals surface area contributed by atoms with Gasteiger partial charge in [0.1, 0.15) is 0 Å². The summed E-state index contributed by atoms with van der Waals surface area (Å²) >= 11 is 13.7. The second-order valence-corrected chi connectivity index (χ2v) is 12.0. The van der Waals surface area contributed by atoms with Crippen molar-refractivity contribution in [2.24, 2.45) is 4.99 Å². The van der Waals surface area contributed by atoms with Gasteiger partial charge < -0.3 is 18.8 Å². The smallest absolute Gasteiger partial charge is 0.337 e. The number of para-hydroxylation sites is 1. The van der Waals surface area contributed by atoms with Gasteiger partial charge in [0.05, 0.1) is 46.5 Å². The van der Waals surface area contributed by atoms with E-state index in [9.17, 15) is 9.59 Å². The Kier molecular flexibility index (Phi) is 8.85. The lowest BCUT2D eigenvalue weighted by Gasteiger charge is -2.23. The predicted molar refractivity (Wildman–Crippen MR) is 177 cm³/mol. The monoisotopic (exact) mass is 661 g/mol. The average molecular weight is 663 g/mol. The highest BCUT2D eigenvalue weighted by atomic mass is 35.5. The summed E-state index contributed by atoms with van der Waals surface area (Å²) in [4.78, 5) is 32.1. The third kappa shape index (κ3) is 5.91. The molecule has 11 heteroatoms. The molecule has 3 aromatic carbocycles. The van der Waals surface area contributed by atoms with E-state index in [0.29, 0.717) is 56.2 Å². The molecule has 0 bridgehead atoms. The van der Waals surface area contributed by atoms with E-state index >= 15 is 0 Å². The molecule has 0 N–H and O–H groups in total. The van der Waals surface area contributed by atoms with Crippen molar-refractivity contribution >= 4 is 57.5 Å². The molecule has 0 saturated heterocycles. The molecule has 1 aliphatic rings. The number of carbonyl (C=O) groups is 1. The van der Waals surface area contributed by atoms with Gasteiger partial charge in [-0.1, -0.05) is 64.9 Å². The Hall–Kier alpha value is -4.31. The number of rotatable bonds is 9. The standard InChI is InChI=1S/C34H29Cl2N3O5S/c1-4-43-28-13-11-21(15-29(28)44-5-2)31-24(33(41)42-3)17-37-34-39(31)32(40)30(45-34)16-22-19-38(27-9-7-6-8-23(22)27)18-20-10-12-25(35)26(36)14-20/h6-17,19,31H,4-5,18H2,1-3H3/b30-16+/t31-/m1/s1. The van der Waals surface area contributed by atoms with Crippen LogP contribution in [0.2, 0.25) is 10.0 Å². The largest absolute Gasteiger partial charge is 0.490 e. The van der Waals surface area contributed by atoms with Gasteiger partial charge in [-0.25, -0.2) is 9.79 Å². The molecule has 0 aliphatic carbocycles. The van der Waals surface area contributed by atoms with Crippen molar-refractivity contribution in [2.75, 3.05) is 20.3 Å². The number of halogens is 2. The fraction of sp³-hybridized carbons (Fsp3) is 0.206. The molecule has 45 heavy (non-hydrogen) atoms. The van der Waals surface area contributed by atoms with Gasteiger partial charge in [-0.2, -0.15) is 0 Å². The van der Waals surface area contributed by atoms with Gasteiger partial charge in [-0.05, 0) is 61.4 Å². The number of hydrogen-bond acceptors (Lipinski definition) is 7. The van der Waals surface area contributed by atoms with Crippen molar-refractivity contribution in [3.05, 3.63) is 125 Å². The molecule has 230 valence electrons. The third-order valence-electron chi connectivity index (χ3n) is 7.45. The molecule has 5 aromatic rings. The van der Waals surface area contributed by atoms with Crippen LogP contribution in [0.15, 0.2) is 88.4 Å². The molecular weight excluding hydrogens is 633 g/mol. The predicted octanol–water partition coefficient (Wildman–Crippen LogP) is 6.13. The van der Waals surface area contributed by atoms with Gasteiger partial charge in [0.15, 0.2) is 16.3 Å². The van der Waals surface area contributed by atoms with E-state index in [1.165, 1.54) is 24.6 Å². The number of aromatic nitrogens is 2. The van der Waals surface area contributed by atoms with Gasteiger partial charge >= 0.3 is 5.97 Å². The van der Waals surface area contributed by atoms with Crippen LogP contribution in [0.4, 0.5) is 0 Å². The first-order valence-electron chi connectivity index (χ1n) is 14.3. The number of methoxy groups -OCH3 is 1. The first-order chi connectivity index (χ1) is 21.8. The number of ether oxygens (including phenoxy) is 3. The van der Waals surface area contributed by atoms with Crippen molar-refractivity contribution in [1.29, 1.82) is 0 Å². The average Bonchev–Trinajstić information content (AvgIpc) is 3.55. The summed E-state index contributed by atoms with van der Waals surface area (Å²) in [5, 5.41) is 1.98. The molecular formula is C34H29Cl2N3O5S. The zero-order chi connectivity index (χ0) is 31.7. The van der Waals surface area contributed by atoms with Gasteiger partial charge in [0.2, 0.25) is 0 Å². The van der Waals surface area contributed by atoms with Crippen molar-refractivity contribution < 1.29 is 19.0 Å². The number of thiazole rings is 1. The van der Waals surface area contributed by atoms with Crippen LogP contribution in [0, 0.1) is 0 Å². The summed E-state index contributed by atoms with van der Waals surface area (Å²) in [6.07, 6.45) is 5.37. The fourth-order valence-corrected chi connectivity index (χ4v) is 6.77. The Balaban J connectivity index is 1.48. The van der Waals surface area contributed by atoms with Gasteiger partial charge in [-0.3, -0.25) is 9.36 Å². The SMILES string of the molecule is CCOc1ccc([C@@H]2C(C(=O)OC)=CN=c3s/c(=C/c4cn(Cc5ccc(Cl)c(Cl)c5)c5ccccc45)c(=O)n32)cc1OCC. The molecule has 0 amide bonds. The van der Waals surface area contributed by atoms with E-state index in [1.54, 1.807) is 22.8 Å². The van der Waals surface area contributed by atoms with E-state index < -0.39 is 12.0 Å². The van der Waals surface area contributed by atoms with Crippen molar-refractivity contribution in [2.45, 2.75) is 26.4 Å². The molecule has 1 atom stereocenters. The number of fused-ring (bicyclic) bond motifs is 2. The highest BCUT2D eigenvalue weighted by molar-refractivity contribution is 7.07. The van der Waals surface area contributed by atoms with Crippen molar-refractivity contribution in [3.63, 3.8) is 0 Å². The van der Waals surface area contributed by atoms with Gasteiger partial charge in [0.25, 0.3) is 5.56 Å². The number of carbonyl (C=O) groups excluding carboxylic acids is 1. The summed E-state index contributed by atoms with van der Waals surface area (Å²) in [5.41, 5.74) is 3.51. The Morgan fingerprint density at radius 3 is 2.53 bits per heavy atom. The highest BCUT2D eigenvalue weighted by Gasteiger charge is 2.31. The van der Waals surface area contributed by atoms with E-state index in [1.807, 2.05) is 68.6 Å². The van der Waals surface area contributed by atoms with Crippen LogP contribution < -0.4 is 24.4 Å². The van der Waals surface area contributed by atoms with Gasteiger partial charge in [-0.15, -0.1) is 0 Å². The van der Waals surface area contributed by atoms with Crippen molar-refractivity contribution in [3.8, 4) is 11.5 Å². The lowest BCUT2D eigenvalue weighted by atomic mass is 9.97. The molecule has 6 rings (SSSR count). The second kappa shape index (κ2) is 13.0. The van der Waals surface area contributed by atoms with E-state index in [2.05, 4.69) is 9.56 Å². The first-order valence-corrected chi connectivity index (χ1v) is 15.9. The summed E-state index contributed by atoms with van der Waals surface area (Å²) in [5.74, 6) is 0.529. The zero-order valence-corrected chi connectivity index (χ0v) is 27.1. The minimum absolute atomic E-state index is 0.237. The Morgan fingerprint density at radius 1 is 1.00 bits per heavy atom. The Bertz CT molecular complexity index is 2150. The molecule has 3 heterocycles. The van der Waals surface area contributed by atoms with E-state index in [0.717, 1.165) is 22.0 Å². The highest BCUT2D eigenvalue weighted by Crippen LogP contribution is 2.35. The van der Waals surface area contributed by atoms with Crippen LogP contribution in [0.25, 0.3) is 17.0 Å². The van der Waals surface area contributed by atoms with Crippen LogP contribution in [-0.4, -0.2) is 35.4 Å². The molecule has 0 saturated carbocycles. The summed E-state index contributed by atoms with van der Waals surface area (Å²) in [6, 6.07) is 18.2. The van der Waals surface area contributed by atoms with Crippen LogP contribution in [0.5, 0.6) is 11.5 Å². The third-order valence-corrected chi connectivity index (χ3v) is 9.19. The maximum absolute atomic E-state index is 14.2. The Morgan fingerprint density at radius 2 is 1.78 bits per heavy atom. The lowest BCUT2D eigenvalue weighted by molar-refractivity contribution is -0.136. The second-order valence-electron chi connectivity index (χ2n) is 10.2. The topological polar surface area (TPSA) is 84.0 Å². The number of hydrogen-bond donors (Lipinski definition) is 0. The Labute approximate surface area is 273 Å². The molecule has 0 unspecified atom stereocenters. The van der Waals surface area contributed by atoms with E-state index in [-0.39, 0.29) is 11.1 Å². The number of nitrogens with zero attached hydrogens (tertiary/aromatic N) is 3. The van der Waals surface area contributed by atoms with E-state index in [4.69, 9.17) is 37.4 Å². The summed E-state index contributed by atoms with van der Waals surface area (Å²) in [7, 11) is 1.31. The van der Waals surface area contributed by atoms with Gasteiger partial charge in [0, 0.05) is 35.4 Å². The molecule has 2 aromatic heterocycles. The maximum atomic E-state index is 14.2. The molecule has 0 spiro atoms. The zero-order valence-electron chi connectivity index (χ0n) is 24.8. The van der Waals surface area contributed by atoms with Crippen LogP contribution in [-0.2, 0) is 16.1 Å². The molecule has 0 fully saturated rings. The van der Waals surface area contributed by atoms with Crippen LogP contribution in [0.1, 0.15) is 36.6 Å². The normalized spacial score (nSPS) is 14.6. The van der Waals surface area contributed by atoms with Crippen LogP contribution >= 0.6 is 34.5 Å². The summed E-state index contributed by atoms with van der Waals surface area (Å²) < 4.78 is 20.8. The minimum atomic E-state index is -0.776. The van der Waals surface area contributed by atoms with Crippen molar-refractivity contribution in [1.82, 2.24) is 9.13 Å². The fourth-order valence-electron chi connectivity index (χ4n) is 5.48. The molecule has 8 nitrogen and oxygen atoms in total. The number of esters is 1. The lowest BCUT2D eigenvalue weighted by Crippen LogP contribution is -2.39. The summed E-state index contributed by atoms with van der Waals surface area (Å²) in [6.45, 7) is 5.23. The minimum Gasteiger partial charge on any atom is -0.490 e. The molecule has 0 radical (unpaired) electrons. The maximum Gasteiger partial charge on any atom is 0.337 e. The number of benzene rings is 3. The van der Waals surface area contributed by atoms with Crippen LogP contribution in [0.3, 0.4) is 0 Å². The molecule has 1 aliphatic heterocycles. The first kappa shape index (κ1) is 30.7.